The maximum absolute atomic E-state index is 14.1. The Morgan fingerprint density at radius 1 is 1.10 bits per heavy atom. The monoisotopic (exact) mass is 752 g/mol. The number of benzene rings is 1. The molecule has 14 heteroatoms. The van der Waals surface area contributed by atoms with Crippen molar-refractivity contribution in [3.63, 3.8) is 0 Å². The molecule has 4 rings (SSSR count). The number of aliphatic hydroxyl groups is 1. The Hall–Kier alpha value is -2.96. The maximum Gasteiger partial charge on any atom is 0.310 e. The van der Waals surface area contributed by atoms with Gasteiger partial charge in [-0.15, -0.1) is 0 Å². The fourth-order valence-electron chi connectivity index (χ4n) is 6.27. The Bertz CT molecular complexity index is 1570. The van der Waals surface area contributed by atoms with Gasteiger partial charge in [0.2, 0.25) is 21.5 Å². The summed E-state index contributed by atoms with van der Waals surface area (Å²) in [5.74, 6) is -2.75. The van der Waals surface area contributed by atoms with Crippen molar-refractivity contribution in [2.24, 2.45) is 23.2 Å². The van der Waals surface area contributed by atoms with Crippen molar-refractivity contribution in [1.82, 2.24) is 20.5 Å². The molecule has 2 saturated heterocycles. The quantitative estimate of drug-likeness (QED) is 0.200. The highest BCUT2D eigenvalue weighted by atomic mass is 35.6. The van der Waals surface area contributed by atoms with Crippen LogP contribution in [0.15, 0.2) is 36.4 Å². The largest absolute Gasteiger partial charge is 0.461 e. The highest BCUT2D eigenvalue weighted by Crippen LogP contribution is 2.37. The van der Waals surface area contributed by atoms with E-state index >= 15 is 0 Å². The predicted octanol–water partition coefficient (Wildman–Crippen LogP) is 5.14. The number of hydrogen-bond acceptors (Lipinski definition) is 8. The Labute approximate surface area is 308 Å². The molecule has 3 heterocycles. The molecule has 2 unspecified atom stereocenters. The molecule has 50 heavy (non-hydrogen) atoms. The van der Waals surface area contributed by atoms with Gasteiger partial charge in [-0.25, -0.2) is 0 Å². The van der Waals surface area contributed by atoms with E-state index in [0.717, 1.165) is 16.5 Å². The molecule has 3 N–H and O–H groups in total. The second-order valence-corrected chi connectivity index (χ2v) is 16.3. The summed E-state index contributed by atoms with van der Waals surface area (Å²) in [6.45, 7) is 9.79. The van der Waals surface area contributed by atoms with Crippen molar-refractivity contribution in [1.29, 1.82) is 0 Å². The highest BCUT2D eigenvalue weighted by Gasteiger charge is 2.43. The fourth-order valence-corrected chi connectivity index (χ4v) is 6.43. The van der Waals surface area contributed by atoms with E-state index in [2.05, 4.69) is 15.6 Å². The van der Waals surface area contributed by atoms with E-state index in [9.17, 15) is 24.3 Å². The van der Waals surface area contributed by atoms with Gasteiger partial charge >= 0.3 is 5.97 Å². The van der Waals surface area contributed by atoms with Crippen molar-refractivity contribution in [3.8, 4) is 0 Å². The number of fused-ring (bicyclic) bond motifs is 1. The first-order chi connectivity index (χ1) is 23.5. The van der Waals surface area contributed by atoms with Gasteiger partial charge in [0.05, 0.1) is 35.3 Å². The van der Waals surface area contributed by atoms with Crippen LogP contribution in [0.4, 0.5) is 0 Å². The summed E-state index contributed by atoms with van der Waals surface area (Å²) in [6, 6.07) is 7.64. The van der Waals surface area contributed by atoms with Gasteiger partial charge in [-0.2, -0.15) is 0 Å². The normalized spacial score (nSPS) is 21.4. The summed E-state index contributed by atoms with van der Waals surface area (Å²) in [5, 5.41) is 16.7. The molecule has 11 nitrogen and oxygen atoms in total. The van der Waals surface area contributed by atoms with Crippen molar-refractivity contribution in [2.45, 2.75) is 75.9 Å². The number of nitrogens with zero attached hydrogens (tertiary/aromatic N) is 2. The number of carbonyl (C=O) groups excluding carboxylic acids is 4. The minimum Gasteiger partial charge on any atom is -0.461 e. The van der Waals surface area contributed by atoms with E-state index in [1.807, 2.05) is 57.2 Å². The Morgan fingerprint density at radius 2 is 1.82 bits per heavy atom. The van der Waals surface area contributed by atoms with Crippen LogP contribution in [0, 0.1) is 23.2 Å². The van der Waals surface area contributed by atoms with Crippen LogP contribution >= 0.6 is 34.8 Å². The lowest BCUT2D eigenvalue weighted by Gasteiger charge is -2.35. The summed E-state index contributed by atoms with van der Waals surface area (Å²) >= 11 is 17.1. The van der Waals surface area contributed by atoms with Crippen molar-refractivity contribution >= 4 is 75.5 Å². The Kier molecular flexibility index (Phi) is 13.6. The van der Waals surface area contributed by atoms with Crippen LogP contribution < -0.4 is 10.6 Å². The zero-order valence-corrected chi connectivity index (χ0v) is 31.4. The number of likely N-dealkylation sites (tertiary alicyclic amines) is 1. The SMILES string of the molecule is CC(C)[C@H](NC(=O)C(C)(/C=C/c1ccc2ccc([C@@H](C)O)nc2c1)C1CCOC1)C(=O)N[C@@H](C)C(=O)N1CCC[C@@H](C(=O)OCC(Cl)(Cl)Cl)C1. The van der Waals surface area contributed by atoms with E-state index in [1.165, 1.54) is 4.90 Å². The number of halogens is 3. The molecule has 0 radical (unpaired) electrons. The van der Waals surface area contributed by atoms with Gasteiger partial charge < -0.3 is 30.1 Å². The van der Waals surface area contributed by atoms with Gasteiger partial charge in [-0.3, -0.25) is 24.2 Å². The van der Waals surface area contributed by atoms with Crippen LogP contribution in [-0.2, 0) is 28.7 Å². The van der Waals surface area contributed by atoms with Crippen molar-refractivity contribution < 1.29 is 33.8 Å². The predicted molar refractivity (Wildman–Crippen MR) is 193 cm³/mol. The van der Waals surface area contributed by atoms with E-state index < -0.39 is 51.8 Å². The molecular weight excluding hydrogens is 707 g/mol. The van der Waals surface area contributed by atoms with E-state index in [4.69, 9.17) is 44.3 Å². The van der Waals surface area contributed by atoms with E-state index in [1.54, 1.807) is 19.9 Å². The van der Waals surface area contributed by atoms with Gasteiger partial charge in [0.1, 0.15) is 18.7 Å². The third-order valence-corrected chi connectivity index (χ3v) is 9.79. The smallest absolute Gasteiger partial charge is 0.310 e. The third-order valence-electron chi connectivity index (χ3n) is 9.46. The lowest BCUT2D eigenvalue weighted by molar-refractivity contribution is -0.152. The molecule has 6 atom stereocenters. The number of pyridine rings is 1. The van der Waals surface area contributed by atoms with Gasteiger partial charge in [0.15, 0.2) is 0 Å². The fraction of sp³-hybridized carbons (Fsp3) is 0.583. The molecule has 3 amide bonds. The molecule has 0 saturated carbocycles. The number of nitrogens with one attached hydrogen (secondary N) is 2. The number of rotatable bonds is 12. The number of alkyl halides is 3. The molecule has 2 aliphatic rings. The van der Waals surface area contributed by atoms with Crippen LogP contribution in [0.25, 0.3) is 17.0 Å². The number of ether oxygens (including phenoxy) is 2. The molecule has 2 aliphatic heterocycles. The second-order valence-electron chi connectivity index (χ2n) is 13.8. The van der Waals surface area contributed by atoms with Gasteiger partial charge in [0, 0.05) is 31.0 Å². The highest BCUT2D eigenvalue weighted by molar-refractivity contribution is 6.67. The Balaban J connectivity index is 1.45. The minimum atomic E-state index is -1.74. The maximum atomic E-state index is 14.1. The topological polar surface area (TPSA) is 147 Å². The molecule has 0 spiro atoms. The average Bonchev–Trinajstić information content (AvgIpc) is 3.63. The average molecular weight is 754 g/mol. The first-order valence-corrected chi connectivity index (χ1v) is 18.1. The standard InChI is InChI=1S/C36H47Cl3N4O7/c1-21(2)30(31(45)40-22(3)32(46)43-15-6-7-26(18-43)33(47)50-20-36(37,38)39)42-34(48)35(5,27-13-16-49-19-27)14-12-24-8-9-25-10-11-28(23(4)44)41-29(25)17-24/h8-12,14,17,21-23,26-27,30,44H,6-7,13,15-16,18-20H2,1-5H3,(H,40,45)(H,42,48)/b14-12+/t22-,23+,26+,27?,30-,35?/m0/s1. The zero-order chi connectivity index (χ0) is 36.8. The summed E-state index contributed by atoms with van der Waals surface area (Å²) in [4.78, 5) is 59.8. The molecule has 1 aromatic carbocycles. The van der Waals surface area contributed by atoms with E-state index in [-0.39, 0.29) is 30.2 Å². The van der Waals surface area contributed by atoms with E-state index in [0.29, 0.717) is 44.7 Å². The molecule has 0 aliphatic carbocycles. The molecular formula is C36H47Cl3N4O7. The summed E-state index contributed by atoms with van der Waals surface area (Å²) in [7, 11) is 0. The number of carbonyl (C=O) groups is 4. The lowest BCUT2D eigenvalue weighted by atomic mass is 9.74. The second kappa shape index (κ2) is 17.0. The summed E-state index contributed by atoms with van der Waals surface area (Å²) in [5.41, 5.74) is 1.09. The number of amides is 3. The van der Waals surface area contributed by atoms with Crippen LogP contribution in [0.3, 0.4) is 0 Å². The summed E-state index contributed by atoms with van der Waals surface area (Å²) in [6.07, 6.45) is 4.79. The number of esters is 1. The first kappa shape index (κ1) is 39.8. The van der Waals surface area contributed by atoms with Crippen LogP contribution in [0.2, 0.25) is 0 Å². The van der Waals surface area contributed by atoms with Crippen molar-refractivity contribution in [2.75, 3.05) is 32.9 Å². The molecule has 2 fully saturated rings. The zero-order valence-electron chi connectivity index (χ0n) is 29.1. The van der Waals surface area contributed by atoms with Gasteiger partial charge in [0.25, 0.3) is 0 Å². The molecule has 1 aromatic heterocycles. The van der Waals surface area contributed by atoms with Gasteiger partial charge in [-0.1, -0.05) is 79.0 Å². The first-order valence-electron chi connectivity index (χ1n) is 17.0. The molecule has 274 valence electrons. The van der Waals surface area contributed by atoms with Crippen molar-refractivity contribution in [3.05, 3.63) is 47.7 Å². The van der Waals surface area contributed by atoms with Gasteiger partial charge in [-0.05, 0) is 63.6 Å². The number of aliphatic hydroxyl groups excluding tert-OH is 1. The summed E-state index contributed by atoms with van der Waals surface area (Å²) < 4.78 is 9.06. The molecule has 0 bridgehead atoms. The van der Waals surface area contributed by atoms with Crippen LogP contribution in [0.5, 0.6) is 0 Å². The molecule has 2 aromatic rings. The van der Waals surface area contributed by atoms with Crippen LogP contribution in [-0.4, -0.2) is 87.5 Å². The third kappa shape index (κ3) is 10.3. The number of hydrogen-bond donors (Lipinski definition) is 3. The lowest BCUT2D eigenvalue weighted by Crippen LogP contribution is -2.58. The Morgan fingerprint density at radius 3 is 2.46 bits per heavy atom. The number of aromatic nitrogens is 1. The minimum absolute atomic E-state index is 0.116. The number of piperidine rings is 1. The van der Waals surface area contributed by atoms with Crippen LogP contribution in [0.1, 0.15) is 71.2 Å².